The Kier molecular flexibility index (Phi) is 6.42. The molecule has 4 rings (SSSR count). The summed E-state index contributed by atoms with van der Waals surface area (Å²) in [6, 6.07) is 18.0. The highest BCUT2D eigenvalue weighted by atomic mass is 32.2. The first-order chi connectivity index (χ1) is 15.0. The number of fused-ring (bicyclic) bond motifs is 1. The number of carbonyl (C=O) groups is 1. The first-order valence-electron chi connectivity index (χ1n) is 10.5. The van der Waals surface area contributed by atoms with E-state index in [4.69, 9.17) is 0 Å². The zero-order chi connectivity index (χ0) is 21.8. The number of carbonyl (C=O) groups excluding carboxylic acids is 1. The molecule has 158 valence electrons. The molecule has 0 amide bonds. The van der Waals surface area contributed by atoms with Gasteiger partial charge in [-0.3, -0.25) is 4.79 Å². The lowest BCUT2D eigenvalue weighted by Gasteiger charge is -2.14. The number of rotatable bonds is 8. The van der Waals surface area contributed by atoms with E-state index in [9.17, 15) is 4.79 Å². The van der Waals surface area contributed by atoms with Crippen LogP contribution in [-0.4, -0.2) is 21.0 Å². The number of pyridine rings is 1. The number of ketones is 1. The lowest BCUT2D eigenvalue weighted by Crippen LogP contribution is -2.06. The molecule has 0 spiro atoms. The summed E-state index contributed by atoms with van der Waals surface area (Å²) in [4.78, 5) is 21.8. The molecule has 2 aromatic carbocycles. The molecule has 2 heterocycles. The summed E-state index contributed by atoms with van der Waals surface area (Å²) in [6.07, 6.45) is 4.28. The zero-order valence-corrected chi connectivity index (χ0v) is 18.9. The summed E-state index contributed by atoms with van der Waals surface area (Å²) in [5.41, 5.74) is 5.94. The summed E-state index contributed by atoms with van der Waals surface area (Å²) in [5, 5.41) is 5.11. The number of nitrogens with zero attached hydrogens (tertiary/aromatic N) is 1. The van der Waals surface area contributed by atoms with Crippen LogP contribution in [0.3, 0.4) is 0 Å². The van der Waals surface area contributed by atoms with Gasteiger partial charge in [0.2, 0.25) is 0 Å². The summed E-state index contributed by atoms with van der Waals surface area (Å²) >= 11 is 1.85. The second-order valence-corrected chi connectivity index (χ2v) is 9.63. The van der Waals surface area contributed by atoms with Gasteiger partial charge in [0, 0.05) is 57.7 Å². The highest BCUT2D eigenvalue weighted by molar-refractivity contribution is 8.00. The van der Waals surface area contributed by atoms with Crippen LogP contribution in [0.4, 0.5) is 5.69 Å². The highest BCUT2D eigenvalue weighted by Gasteiger charge is 2.13. The van der Waals surface area contributed by atoms with Crippen molar-refractivity contribution in [1.29, 1.82) is 0 Å². The van der Waals surface area contributed by atoms with Crippen LogP contribution in [0.15, 0.2) is 71.9 Å². The van der Waals surface area contributed by atoms with E-state index in [2.05, 4.69) is 41.3 Å². The van der Waals surface area contributed by atoms with E-state index in [1.807, 2.05) is 73.5 Å². The zero-order valence-electron chi connectivity index (χ0n) is 18.1. The molecule has 0 radical (unpaired) electrons. The van der Waals surface area contributed by atoms with Gasteiger partial charge in [0.05, 0.1) is 0 Å². The van der Waals surface area contributed by atoms with Crippen molar-refractivity contribution in [2.24, 2.45) is 0 Å². The Morgan fingerprint density at radius 1 is 1.13 bits per heavy atom. The van der Waals surface area contributed by atoms with Crippen LogP contribution >= 0.6 is 11.8 Å². The molecule has 2 N–H and O–H groups in total. The lowest BCUT2D eigenvalue weighted by molar-refractivity contribution is 0.0993. The summed E-state index contributed by atoms with van der Waals surface area (Å²) in [6.45, 7) is 7.09. The predicted octanol–water partition coefficient (Wildman–Crippen LogP) is 6.41. The highest BCUT2D eigenvalue weighted by Crippen LogP contribution is 2.33. The van der Waals surface area contributed by atoms with E-state index < -0.39 is 0 Å². The Morgan fingerprint density at radius 2 is 1.97 bits per heavy atom. The summed E-state index contributed by atoms with van der Waals surface area (Å²) in [5.74, 6) is 0.126. The van der Waals surface area contributed by atoms with Gasteiger partial charge in [-0.25, -0.2) is 4.98 Å². The Balaban J connectivity index is 1.50. The first-order valence-corrected chi connectivity index (χ1v) is 11.4. The van der Waals surface area contributed by atoms with Gasteiger partial charge in [0.15, 0.2) is 5.78 Å². The van der Waals surface area contributed by atoms with Crippen molar-refractivity contribution < 1.29 is 4.79 Å². The number of benzene rings is 2. The number of thioether (sulfide) groups is 1. The number of aromatic nitrogens is 2. The maximum absolute atomic E-state index is 12.8. The molecule has 0 aliphatic carbocycles. The second-order valence-electron chi connectivity index (χ2n) is 8.04. The van der Waals surface area contributed by atoms with Crippen molar-refractivity contribution in [3.63, 3.8) is 0 Å². The number of hydrogen-bond donors (Lipinski definition) is 2. The molecule has 0 bridgehead atoms. The fraction of sp³-hybridized carbons (Fsp3) is 0.231. The number of H-pyrrole nitrogens is 1. The summed E-state index contributed by atoms with van der Waals surface area (Å²) < 4.78 is 0. The molecular weight excluding hydrogens is 402 g/mol. The largest absolute Gasteiger partial charge is 0.381 e. The minimum Gasteiger partial charge on any atom is -0.381 e. The fourth-order valence-corrected chi connectivity index (χ4v) is 4.67. The third-order valence-corrected chi connectivity index (χ3v) is 6.27. The first kappa shape index (κ1) is 21.2. The van der Waals surface area contributed by atoms with E-state index in [1.54, 1.807) is 0 Å². The molecule has 0 unspecified atom stereocenters. The van der Waals surface area contributed by atoms with E-state index in [0.29, 0.717) is 18.2 Å². The smallest absolute Gasteiger partial charge is 0.167 e. The monoisotopic (exact) mass is 429 g/mol. The van der Waals surface area contributed by atoms with Crippen LogP contribution in [-0.2, 0) is 13.0 Å². The minimum atomic E-state index is 0.126. The van der Waals surface area contributed by atoms with Crippen molar-refractivity contribution in [3.8, 4) is 0 Å². The van der Waals surface area contributed by atoms with Crippen molar-refractivity contribution in [3.05, 3.63) is 89.2 Å². The van der Waals surface area contributed by atoms with E-state index in [1.165, 1.54) is 10.5 Å². The van der Waals surface area contributed by atoms with Gasteiger partial charge in [0.1, 0.15) is 5.65 Å². The van der Waals surface area contributed by atoms with Gasteiger partial charge in [-0.05, 0) is 30.7 Å². The molecule has 31 heavy (non-hydrogen) atoms. The molecule has 0 saturated heterocycles. The number of anilines is 1. The van der Waals surface area contributed by atoms with E-state index >= 15 is 0 Å². The SMILES string of the molecule is Cc1cccc(CC(=O)c2cccc(NCc3cnc4[nH]ccc4c3SC(C)C)c2)c1. The van der Waals surface area contributed by atoms with Gasteiger partial charge >= 0.3 is 0 Å². The third kappa shape index (κ3) is 5.17. The number of aromatic amines is 1. The maximum Gasteiger partial charge on any atom is 0.167 e. The maximum atomic E-state index is 12.8. The number of aryl methyl sites for hydroxylation is 1. The number of Topliss-reactive ketones (excluding diaryl/α,β-unsaturated/α-hetero) is 1. The Bertz CT molecular complexity index is 1210. The van der Waals surface area contributed by atoms with Crippen LogP contribution in [0.5, 0.6) is 0 Å². The fourth-order valence-electron chi connectivity index (χ4n) is 3.63. The standard InChI is InChI=1S/C26H27N3OS/c1-17(2)31-25-21(16-29-26-23(25)10-11-27-26)15-28-22-9-5-8-20(14-22)24(30)13-19-7-4-6-18(3)12-19/h4-12,14,16-17,28H,13,15H2,1-3H3,(H,27,29). The van der Waals surface area contributed by atoms with Gasteiger partial charge in [-0.1, -0.05) is 55.8 Å². The molecule has 0 fully saturated rings. The van der Waals surface area contributed by atoms with Gasteiger partial charge in [-0.15, -0.1) is 11.8 Å². The molecule has 0 atom stereocenters. The van der Waals surface area contributed by atoms with E-state index in [-0.39, 0.29) is 5.78 Å². The molecular formula is C26H27N3OS. The Morgan fingerprint density at radius 3 is 2.77 bits per heavy atom. The minimum absolute atomic E-state index is 0.126. The van der Waals surface area contributed by atoms with Gasteiger partial charge in [0.25, 0.3) is 0 Å². The number of nitrogens with one attached hydrogen (secondary N) is 2. The van der Waals surface area contributed by atoms with Gasteiger partial charge in [-0.2, -0.15) is 0 Å². The molecule has 0 saturated carbocycles. The second kappa shape index (κ2) is 9.40. The molecule has 4 aromatic rings. The van der Waals surface area contributed by atoms with Gasteiger partial charge < -0.3 is 10.3 Å². The molecule has 2 aromatic heterocycles. The Labute approximate surface area is 187 Å². The third-order valence-electron chi connectivity index (χ3n) is 5.08. The number of hydrogen-bond acceptors (Lipinski definition) is 4. The average molecular weight is 430 g/mol. The molecule has 0 aliphatic rings. The van der Waals surface area contributed by atoms with Crippen molar-refractivity contribution >= 4 is 34.3 Å². The van der Waals surface area contributed by atoms with E-state index in [0.717, 1.165) is 33.4 Å². The van der Waals surface area contributed by atoms with Crippen LogP contribution in [0, 0.1) is 6.92 Å². The average Bonchev–Trinajstić information content (AvgIpc) is 3.22. The molecule has 4 nitrogen and oxygen atoms in total. The van der Waals surface area contributed by atoms with Crippen molar-refractivity contribution in [2.45, 2.75) is 43.9 Å². The lowest BCUT2D eigenvalue weighted by atomic mass is 10.0. The normalized spacial score (nSPS) is 11.2. The quantitative estimate of drug-likeness (QED) is 0.251. The predicted molar refractivity (Wildman–Crippen MR) is 130 cm³/mol. The Hall–Kier alpha value is -3.05. The summed E-state index contributed by atoms with van der Waals surface area (Å²) in [7, 11) is 0. The topological polar surface area (TPSA) is 57.8 Å². The van der Waals surface area contributed by atoms with Crippen LogP contribution in [0.2, 0.25) is 0 Å². The van der Waals surface area contributed by atoms with Crippen LogP contribution in [0.25, 0.3) is 11.0 Å². The van der Waals surface area contributed by atoms with Crippen LogP contribution < -0.4 is 5.32 Å². The molecule has 0 aliphatic heterocycles. The van der Waals surface area contributed by atoms with Crippen molar-refractivity contribution in [2.75, 3.05) is 5.32 Å². The van der Waals surface area contributed by atoms with Crippen LogP contribution in [0.1, 0.15) is 40.9 Å². The molecule has 5 heteroatoms. The van der Waals surface area contributed by atoms with Crippen molar-refractivity contribution in [1.82, 2.24) is 9.97 Å².